The topological polar surface area (TPSA) is 297 Å². The number of nitrogens with one attached hydrogen (secondary N) is 9. The third kappa shape index (κ3) is 20.4. The molecule has 9 amide bonds. The van der Waals surface area contributed by atoms with Crippen molar-refractivity contribution in [3.05, 3.63) is 166 Å². The second-order valence-corrected chi connectivity index (χ2v) is 22.8. The molecule has 4 aromatic rings. The van der Waals surface area contributed by atoms with Crippen molar-refractivity contribution in [1.82, 2.24) is 47.9 Å². The second-order valence-electron chi connectivity index (χ2n) is 22.8. The number of hydrogen-bond donors (Lipinski definition) is 9. The highest BCUT2D eigenvalue weighted by molar-refractivity contribution is 6.10. The van der Waals surface area contributed by atoms with Crippen LogP contribution in [0.1, 0.15) is 112 Å². The molecule has 21 heteroatoms. The van der Waals surface area contributed by atoms with Crippen LogP contribution in [0.5, 0.6) is 0 Å². The Bertz CT molecular complexity index is 3190. The van der Waals surface area contributed by atoms with Gasteiger partial charge in [0.25, 0.3) is 23.6 Å². The Morgan fingerprint density at radius 1 is 0.325 bits per heavy atom. The fourth-order valence-electron chi connectivity index (χ4n) is 7.11. The molecule has 0 aliphatic rings. The minimum Gasteiger partial charge on any atom is -0.467 e. The van der Waals surface area contributed by atoms with E-state index in [9.17, 15) is 47.9 Å². The monoisotopic (exact) mass is 1140 g/mol. The molecule has 83 heavy (non-hydrogen) atoms. The van der Waals surface area contributed by atoms with Gasteiger partial charge in [-0.15, -0.1) is 0 Å². The lowest BCUT2D eigenvalue weighted by Gasteiger charge is -2.30. The molecule has 21 nitrogen and oxygen atoms in total. The summed E-state index contributed by atoms with van der Waals surface area (Å²) < 4.78 is 10.2. The van der Waals surface area contributed by atoms with Crippen molar-refractivity contribution in [3.8, 4) is 0 Å². The molecule has 0 bridgehead atoms. The highest BCUT2D eigenvalue weighted by Gasteiger charge is 2.39. The molecule has 0 heterocycles. The molecule has 0 aromatic heterocycles. The average molecular weight is 1140 g/mol. The number of alkyl carbamates (subject to hydrolysis) is 1. The van der Waals surface area contributed by atoms with Crippen molar-refractivity contribution in [1.29, 1.82) is 0 Å². The lowest BCUT2D eigenvalue weighted by atomic mass is 10.0. The second kappa shape index (κ2) is 27.7. The van der Waals surface area contributed by atoms with Gasteiger partial charge in [-0.05, 0) is 137 Å². The fraction of sp³-hybridized carbons (Fsp3) is 0.323. The third-order valence-corrected chi connectivity index (χ3v) is 11.9. The molecule has 9 N–H and O–H groups in total. The first-order valence-electron chi connectivity index (χ1n) is 26.3. The Morgan fingerprint density at radius 3 is 0.759 bits per heavy atom. The number of rotatable bonds is 22. The number of methoxy groups -OCH3 is 1. The van der Waals surface area contributed by atoms with Crippen LogP contribution in [0.3, 0.4) is 0 Å². The van der Waals surface area contributed by atoms with E-state index < -0.39 is 92.6 Å². The maximum Gasteiger partial charge on any atom is 0.408 e. The SMILES string of the molecule is COC(=O)C(C)(C)NC(=O)/C(=C/c1ccccc1)NC(=O)C(C)(C)NC(=O)/C(=C/c1ccccc1)NC(=O)C(C)(C)NC(=O)/C(=C\c1ccccc1)NC(=O)C(C)(C)NC(=O)/C(=C/c1ccccc1)NC(=O)C(C)(C)NC(=O)OC(C)(C)C. The Labute approximate surface area is 484 Å². The maximum atomic E-state index is 14.4. The Morgan fingerprint density at radius 2 is 0.542 bits per heavy atom. The van der Waals surface area contributed by atoms with E-state index in [4.69, 9.17) is 9.47 Å². The van der Waals surface area contributed by atoms with Gasteiger partial charge >= 0.3 is 12.1 Å². The van der Waals surface area contributed by atoms with Gasteiger partial charge in [0, 0.05) is 0 Å². The number of esters is 1. The minimum absolute atomic E-state index is 0.279. The van der Waals surface area contributed by atoms with Crippen LogP contribution in [0.4, 0.5) is 4.79 Å². The van der Waals surface area contributed by atoms with E-state index in [1.54, 1.807) is 142 Å². The summed E-state index contributed by atoms with van der Waals surface area (Å²) in [5, 5.41) is 23.2. The van der Waals surface area contributed by atoms with Crippen molar-refractivity contribution in [2.24, 2.45) is 0 Å². The number of hydrogen-bond acceptors (Lipinski definition) is 12. The van der Waals surface area contributed by atoms with Crippen LogP contribution < -0.4 is 47.9 Å². The molecule has 0 radical (unpaired) electrons. The number of amides is 9. The molecule has 0 atom stereocenters. The van der Waals surface area contributed by atoms with Crippen molar-refractivity contribution in [3.63, 3.8) is 0 Å². The van der Waals surface area contributed by atoms with Gasteiger partial charge in [-0.1, -0.05) is 121 Å². The summed E-state index contributed by atoms with van der Waals surface area (Å²) in [6.45, 7) is 18.7. The van der Waals surface area contributed by atoms with Crippen LogP contribution in [0.15, 0.2) is 144 Å². The van der Waals surface area contributed by atoms with Crippen LogP contribution in [-0.4, -0.2) is 99.7 Å². The van der Waals surface area contributed by atoms with Crippen molar-refractivity contribution in [2.75, 3.05) is 7.11 Å². The number of ether oxygens (including phenoxy) is 2. The molecule has 0 saturated heterocycles. The Balaban J connectivity index is 1.60. The maximum absolute atomic E-state index is 14.4. The molecule has 0 aliphatic heterocycles. The number of benzene rings is 4. The van der Waals surface area contributed by atoms with Gasteiger partial charge in [-0.2, -0.15) is 0 Å². The zero-order valence-corrected chi connectivity index (χ0v) is 49.3. The average Bonchev–Trinajstić information content (AvgIpc) is 3.61. The highest BCUT2D eigenvalue weighted by Crippen LogP contribution is 2.18. The van der Waals surface area contributed by atoms with Gasteiger partial charge in [0.1, 0.15) is 56.1 Å². The zero-order valence-electron chi connectivity index (χ0n) is 49.3. The van der Waals surface area contributed by atoms with Crippen LogP contribution in [0.25, 0.3) is 24.3 Å². The van der Waals surface area contributed by atoms with E-state index >= 15 is 0 Å². The van der Waals surface area contributed by atoms with Gasteiger partial charge in [0.05, 0.1) is 7.11 Å². The Kier molecular flexibility index (Phi) is 22.0. The molecule has 0 unspecified atom stereocenters. The normalized spacial score (nSPS) is 12.7. The molecule has 0 fully saturated rings. The first kappa shape index (κ1) is 65.9. The largest absolute Gasteiger partial charge is 0.467 e. The predicted molar refractivity (Wildman–Crippen MR) is 315 cm³/mol. The van der Waals surface area contributed by atoms with Crippen LogP contribution >= 0.6 is 0 Å². The van der Waals surface area contributed by atoms with Crippen LogP contribution in [-0.2, 0) is 52.6 Å². The minimum atomic E-state index is -1.87. The summed E-state index contributed by atoms with van der Waals surface area (Å²) in [7, 11) is 1.16. The van der Waals surface area contributed by atoms with Gasteiger partial charge in [-0.25, -0.2) is 9.59 Å². The first-order chi connectivity index (χ1) is 38.5. The third-order valence-electron chi connectivity index (χ3n) is 11.9. The van der Waals surface area contributed by atoms with E-state index in [2.05, 4.69) is 47.9 Å². The molecule has 4 aromatic carbocycles. The summed E-state index contributed by atoms with van der Waals surface area (Å²) in [5.41, 5.74) is -8.90. The quantitative estimate of drug-likeness (QED) is 0.0340. The van der Waals surface area contributed by atoms with Gasteiger partial charge in [0.15, 0.2) is 0 Å². The van der Waals surface area contributed by atoms with E-state index in [0.29, 0.717) is 22.3 Å². The van der Waals surface area contributed by atoms with Crippen molar-refractivity contribution < 1.29 is 57.4 Å². The highest BCUT2D eigenvalue weighted by atomic mass is 16.6. The predicted octanol–water partition coefficient (Wildman–Crippen LogP) is 5.67. The molecular weight excluding hydrogens is 1060 g/mol. The Hall–Kier alpha value is -9.66. The molecule has 0 saturated carbocycles. The number of carbonyl (C=O) groups excluding carboxylic acids is 10. The van der Waals surface area contributed by atoms with Crippen molar-refractivity contribution in [2.45, 2.75) is 123 Å². The van der Waals surface area contributed by atoms with Gasteiger partial charge in [-0.3, -0.25) is 38.4 Å². The summed E-state index contributed by atoms with van der Waals surface area (Å²) >= 11 is 0. The van der Waals surface area contributed by atoms with Gasteiger partial charge < -0.3 is 57.3 Å². The summed E-state index contributed by atoms with van der Waals surface area (Å²) in [6.07, 6.45) is 4.55. The van der Waals surface area contributed by atoms with Crippen LogP contribution in [0.2, 0.25) is 0 Å². The van der Waals surface area contributed by atoms with Gasteiger partial charge in [0.2, 0.25) is 23.6 Å². The van der Waals surface area contributed by atoms with E-state index in [0.717, 1.165) is 7.11 Å². The summed E-state index contributed by atoms with van der Waals surface area (Å²) in [5.74, 6) is -7.97. The molecule has 0 spiro atoms. The summed E-state index contributed by atoms with van der Waals surface area (Å²) in [4.78, 5) is 138. The summed E-state index contributed by atoms with van der Waals surface area (Å²) in [6, 6.07) is 33.8. The number of carbonyl (C=O) groups is 10. The molecule has 0 aliphatic carbocycles. The first-order valence-corrected chi connectivity index (χ1v) is 26.3. The zero-order chi connectivity index (χ0) is 62.1. The van der Waals surface area contributed by atoms with E-state index in [-0.39, 0.29) is 22.8 Å². The van der Waals surface area contributed by atoms with Crippen molar-refractivity contribution >= 4 is 83.6 Å². The lowest BCUT2D eigenvalue weighted by molar-refractivity contribution is -0.149. The smallest absolute Gasteiger partial charge is 0.408 e. The molecule has 4 rings (SSSR count). The standard InChI is InChI=1S/C62H75N9O12/c1-57(2,3)83-56(81)71-61(10,11)54(79)66-45(37-41-31-23-17-24-32-41)49(74)69-59(6,7)52(77)64-43(35-39-27-19-15-20-28-39)47(72)67-58(4,5)51(76)63-44(36-40-29-21-16-22-30-40)48(73)68-60(8,9)53(78)65-46(38-42-33-25-18-26-34-42)50(75)70-62(12,13)55(80)82-14/h15-38H,1-14H3,(H,63,76)(H,64,77)(H,65,78)(H,66,79)(H,67,72)(H,68,73)(H,69,74)(H,70,75)(H,71,81)/b43-35+,44-36-,45-37-,46-38-. The fourth-order valence-corrected chi connectivity index (χ4v) is 7.11. The van der Waals surface area contributed by atoms with E-state index in [1.807, 2.05) is 0 Å². The molecule has 440 valence electrons. The lowest BCUT2D eigenvalue weighted by Crippen LogP contribution is -2.60. The van der Waals surface area contributed by atoms with Crippen LogP contribution in [0, 0.1) is 0 Å². The van der Waals surface area contributed by atoms with E-state index in [1.165, 1.54) is 93.5 Å². The molecular formula is C62H75N9O12.